The van der Waals surface area contributed by atoms with Gasteiger partial charge in [-0.2, -0.15) is 4.80 Å². The normalized spacial score (nSPS) is 11.2. The molecule has 0 unspecified atom stereocenters. The van der Waals surface area contributed by atoms with Crippen LogP contribution >= 0.6 is 11.3 Å². The van der Waals surface area contributed by atoms with Crippen LogP contribution in [0.1, 0.15) is 33.5 Å². The van der Waals surface area contributed by atoms with Crippen molar-refractivity contribution in [2.24, 2.45) is 0 Å². The molecule has 154 valence electrons. The fourth-order valence-corrected chi connectivity index (χ4v) is 4.12. The first kappa shape index (κ1) is 19.8. The number of esters is 1. The van der Waals surface area contributed by atoms with Gasteiger partial charge in [0.15, 0.2) is 5.82 Å². The maximum absolute atomic E-state index is 13.5. The number of tetrazole rings is 1. The molecule has 0 saturated heterocycles. The molecule has 0 aliphatic carbocycles. The second-order valence-corrected chi connectivity index (χ2v) is 7.59. The smallest absolute Gasteiger partial charge is 0.348 e. The van der Waals surface area contributed by atoms with Crippen molar-refractivity contribution in [3.05, 3.63) is 45.8 Å². The second-order valence-electron chi connectivity index (χ2n) is 6.59. The van der Waals surface area contributed by atoms with Crippen molar-refractivity contribution in [2.75, 3.05) is 12.3 Å². The largest absolute Gasteiger partial charge is 0.462 e. The van der Waals surface area contributed by atoms with Crippen LogP contribution in [0.3, 0.4) is 0 Å². The van der Waals surface area contributed by atoms with Crippen LogP contribution in [0.2, 0.25) is 0 Å². The van der Waals surface area contributed by atoms with E-state index in [1.807, 2.05) is 0 Å². The quantitative estimate of drug-likeness (QED) is 0.483. The van der Waals surface area contributed by atoms with E-state index in [-0.39, 0.29) is 24.8 Å². The fourth-order valence-electron chi connectivity index (χ4n) is 3.01. The van der Waals surface area contributed by atoms with Gasteiger partial charge in [0.2, 0.25) is 5.82 Å². The molecule has 4 aromatic rings. The molecule has 0 spiro atoms. The standard InChI is InChI=1S/C19H18FN7O2S/c1-4-29-19(28)15-10(3)14-16(21)22-13(23-18(14)30-15)8-27-25-17(24-26-27)11-5-6-12(20)9(2)7-11/h5-7H,4,8H2,1-3H3,(H2,21,22,23). The van der Waals surface area contributed by atoms with E-state index in [2.05, 4.69) is 25.4 Å². The third kappa shape index (κ3) is 3.59. The van der Waals surface area contributed by atoms with Crippen molar-refractivity contribution in [3.8, 4) is 11.4 Å². The number of aryl methyl sites for hydroxylation is 2. The van der Waals surface area contributed by atoms with Crippen molar-refractivity contribution < 1.29 is 13.9 Å². The lowest BCUT2D eigenvalue weighted by Crippen LogP contribution is -2.09. The van der Waals surface area contributed by atoms with E-state index in [9.17, 15) is 9.18 Å². The Morgan fingerprint density at radius 2 is 2.10 bits per heavy atom. The Bertz CT molecular complexity index is 1270. The van der Waals surface area contributed by atoms with E-state index < -0.39 is 5.97 Å². The van der Waals surface area contributed by atoms with Crippen molar-refractivity contribution in [2.45, 2.75) is 27.3 Å². The molecule has 0 bridgehead atoms. The van der Waals surface area contributed by atoms with Gasteiger partial charge >= 0.3 is 5.97 Å². The molecular weight excluding hydrogens is 409 g/mol. The number of anilines is 1. The van der Waals surface area contributed by atoms with E-state index in [0.29, 0.717) is 43.4 Å². The first-order chi connectivity index (χ1) is 14.4. The lowest BCUT2D eigenvalue weighted by atomic mass is 10.1. The highest BCUT2D eigenvalue weighted by atomic mass is 32.1. The molecule has 3 heterocycles. The number of carbonyl (C=O) groups is 1. The SMILES string of the molecule is CCOC(=O)c1sc2nc(Cn3nnc(-c4ccc(F)c(C)c4)n3)nc(N)c2c1C. The molecule has 0 aliphatic heterocycles. The van der Waals surface area contributed by atoms with Gasteiger partial charge < -0.3 is 10.5 Å². The molecule has 0 radical (unpaired) electrons. The highest BCUT2D eigenvalue weighted by Gasteiger charge is 2.21. The third-order valence-electron chi connectivity index (χ3n) is 4.48. The fraction of sp³-hybridized carbons (Fsp3) is 0.263. The number of hydrogen-bond donors (Lipinski definition) is 1. The minimum Gasteiger partial charge on any atom is -0.462 e. The summed E-state index contributed by atoms with van der Waals surface area (Å²) in [5, 5.41) is 13.0. The lowest BCUT2D eigenvalue weighted by Gasteiger charge is -2.02. The zero-order valence-corrected chi connectivity index (χ0v) is 17.3. The van der Waals surface area contributed by atoms with Gasteiger partial charge in [-0.05, 0) is 55.3 Å². The number of fused-ring (bicyclic) bond motifs is 1. The lowest BCUT2D eigenvalue weighted by molar-refractivity contribution is 0.0531. The Hall–Kier alpha value is -3.47. The summed E-state index contributed by atoms with van der Waals surface area (Å²) in [5.41, 5.74) is 7.98. The summed E-state index contributed by atoms with van der Waals surface area (Å²) in [7, 11) is 0. The van der Waals surface area contributed by atoms with Crippen molar-refractivity contribution in [1.29, 1.82) is 0 Å². The maximum atomic E-state index is 13.5. The van der Waals surface area contributed by atoms with Gasteiger partial charge in [0, 0.05) is 5.56 Å². The minimum absolute atomic E-state index is 0.138. The highest BCUT2D eigenvalue weighted by Crippen LogP contribution is 2.33. The average molecular weight is 427 g/mol. The average Bonchev–Trinajstić information content (AvgIpc) is 3.29. The number of nitrogens with two attached hydrogens (primary N) is 1. The third-order valence-corrected chi connectivity index (χ3v) is 5.64. The summed E-state index contributed by atoms with van der Waals surface area (Å²) in [5.74, 6) is 0.321. The number of thiophene rings is 1. The van der Waals surface area contributed by atoms with E-state index in [1.54, 1.807) is 32.9 Å². The first-order valence-electron chi connectivity index (χ1n) is 9.14. The Morgan fingerprint density at radius 1 is 1.30 bits per heavy atom. The van der Waals surface area contributed by atoms with Crippen LogP contribution in [-0.4, -0.2) is 42.8 Å². The Labute approximate surface area is 174 Å². The molecule has 11 heteroatoms. The van der Waals surface area contributed by atoms with Gasteiger partial charge in [-0.25, -0.2) is 19.2 Å². The van der Waals surface area contributed by atoms with Crippen LogP contribution in [0.4, 0.5) is 10.2 Å². The Kier molecular flexibility index (Phi) is 5.12. The summed E-state index contributed by atoms with van der Waals surface area (Å²) in [6, 6.07) is 4.61. The number of benzene rings is 1. The number of nitrogen functional groups attached to an aromatic ring is 1. The molecule has 0 amide bonds. The summed E-state index contributed by atoms with van der Waals surface area (Å²) in [6.07, 6.45) is 0. The molecule has 4 rings (SSSR count). The number of hydrogen-bond acceptors (Lipinski definition) is 9. The zero-order valence-electron chi connectivity index (χ0n) is 16.5. The summed E-state index contributed by atoms with van der Waals surface area (Å²) in [4.78, 5) is 23.4. The van der Waals surface area contributed by atoms with Crippen LogP contribution in [0.5, 0.6) is 0 Å². The van der Waals surface area contributed by atoms with E-state index >= 15 is 0 Å². The highest BCUT2D eigenvalue weighted by molar-refractivity contribution is 7.20. The van der Waals surface area contributed by atoms with Crippen molar-refractivity contribution in [3.63, 3.8) is 0 Å². The number of carbonyl (C=O) groups excluding carboxylic acids is 1. The summed E-state index contributed by atoms with van der Waals surface area (Å²) < 4.78 is 18.6. The van der Waals surface area contributed by atoms with Gasteiger partial charge in [0.05, 0.1) is 12.0 Å². The minimum atomic E-state index is -0.406. The molecule has 1 aromatic carbocycles. The number of rotatable bonds is 5. The predicted molar refractivity (Wildman–Crippen MR) is 110 cm³/mol. The first-order valence-corrected chi connectivity index (χ1v) is 9.96. The van der Waals surface area contributed by atoms with Crippen LogP contribution < -0.4 is 5.73 Å². The summed E-state index contributed by atoms with van der Waals surface area (Å²) >= 11 is 1.21. The number of halogens is 1. The molecule has 0 saturated carbocycles. The Balaban J connectivity index is 1.64. The maximum Gasteiger partial charge on any atom is 0.348 e. The van der Waals surface area contributed by atoms with Crippen LogP contribution in [-0.2, 0) is 11.3 Å². The zero-order chi connectivity index (χ0) is 21.4. The van der Waals surface area contributed by atoms with Crippen LogP contribution in [0, 0.1) is 19.7 Å². The monoisotopic (exact) mass is 427 g/mol. The molecule has 0 fully saturated rings. The van der Waals surface area contributed by atoms with Gasteiger partial charge in [0.1, 0.15) is 27.9 Å². The Morgan fingerprint density at radius 3 is 2.83 bits per heavy atom. The molecule has 2 N–H and O–H groups in total. The number of nitrogens with zero attached hydrogens (tertiary/aromatic N) is 6. The van der Waals surface area contributed by atoms with E-state index in [1.165, 1.54) is 22.2 Å². The van der Waals surface area contributed by atoms with Crippen LogP contribution in [0.25, 0.3) is 21.6 Å². The molecule has 0 aliphatic rings. The second kappa shape index (κ2) is 7.75. The van der Waals surface area contributed by atoms with Crippen molar-refractivity contribution >= 4 is 33.3 Å². The molecule has 30 heavy (non-hydrogen) atoms. The molecule has 3 aromatic heterocycles. The van der Waals surface area contributed by atoms with Gasteiger partial charge in [-0.15, -0.1) is 21.5 Å². The topological polar surface area (TPSA) is 122 Å². The molecule has 0 atom stereocenters. The van der Waals surface area contributed by atoms with Gasteiger partial charge in [0.25, 0.3) is 0 Å². The van der Waals surface area contributed by atoms with Crippen LogP contribution in [0.15, 0.2) is 18.2 Å². The number of aromatic nitrogens is 6. The van der Waals surface area contributed by atoms with Crippen molar-refractivity contribution in [1.82, 2.24) is 30.2 Å². The molecular formula is C19H18FN7O2S. The number of ether oxygens (including phenoxy) is 1. The van der Waals surface area contributed by atoms with Gasteiger partial charge in [-0.3, -0.25) is 0 Å². The van der Waals surface area contributed by atoms with E-state index in [4.69, 9.17) is 10.5 Å². The summed E-state index contributed by atoms with van der Waals surface area (Å²) in [6.45, 7) is 5.63. The molecule has 9 nitrogen and oxygen atoms in total. The van der Waals surface area contributed by atoms with E-state index in [0.717, 1.165) is 0 Å². The van der Waals surface area contributed by atoms with Gasteiger partial charge in [-0.1, -0.05) is 0 Å². The predicted octanol–water partition coefficient (Wildman–Crippen LogP) is 2.91.